The molecule has 1 fully saturated rings. The lowest BCUT2D eigenvalue weighted by molar-refractivity contribution is -0.127. The van der Waals surface area contributed by atoms with Crippen molar-refractivity contribution < 1.29 is 19.1 Å². The van der Waals surface area contributed by atoms with Gasteiger partial charge in [-0.25, -0.2) is 4.79 Å². The van der Waals surface area contributed by atoms with Gasteiger partial charge in [-0.1, -0.05) is 37.8 Å². The number of nitrogens with one attached hydrogen (secondary N) is 1. The maximum Gasteiger partial charge on any atom is 0.358 e. The zero-order chi connectivity index (χ0) is 24.5. The van der Waals surface area contributed by atoms with Crippen LogP contribution in [0.25, 0.3) is 0 Å². The summed E-state index contributed by atoms with van der Waals surface area (Å²) in [6.45, 7) is 7.75. The second-order valence-corrected chi connectivity index (χ2v) is 9.66. The number of benzene rings is 1. The average Bonchev–Trinajstić information content (AvgIpc) is 3.05. The third-order valence-electron chi connectivity index (χ3n) is 6.92. The molecule has 0 unspecified atom stereocenters. The molecular weight excluding hydrogens is 432 g/mol. The number of rotatable bonds is 5. The Bertz CT molecular complexity index is 1100. The maximum atomic E-state index is 13.9. The van der Waals surface area contributed by atoms with Gasteiger partial charge in [-0.3, -0.25) is 19.2 Å². The van der Waals surface area contributed by atoms with Crippen LogP contribution in [-0.2, 0) is 16.1 Å². The Morgan fingerprint density at radius 2 is 1.85 bits per heavy atom. The first kappa shape index (κ1) is 24.0. The third-order valence-corrected chi connectivity index (χ3v) is 6.92. The number of esters is 1. The summed E-state index contributed by atoms with van der Waals surface area (Å²) in [5.41, 5.74) is 1.70. The maximum absolute atomic E-state index is 13.9. The fraction of sp³-hybridized carbons (Fsp3) is 0.538. The molecule has 182 valence electrons. The molecule has 2 amide bonds. The molecule has 0 spiro atoms. The molecule has 0 bridgehead atoms. The Morgan fingerprint density at radius 3 is 2.53 bits per heavy atom. The average molecular weight is 467 g/mol. The van der Waals surface area contributed by atoms with Crippen LogP contribution in [0.3, 0.4) is 0 Å². The van der Waals surface area contributed by atoms with Gasteiger partial charge in [0.1, 0.15) is 11.2 Å². The Kier molecular flexibility index (Phi) is 6.77. The van der Waals surface area contributed by atoms with Gasteiger partial charge in [0.05, 0.1) is 13.2 Å². The molecule has 0 saturated heterocycles. The molecule has 1 aromatic carbocycles. The second kappa shape index (κ2) is 9.60. The SMILES string of the molecule is CCOC(=O)c1cc2n(n1)C[C@](C)(C(=O)NC1CCCCCC1)N(c1cc(C)ccc1C)C2=O. The van der Waals surface area contributed by atoms with Crippen molar-refractivity contribution in [1.29, 1.82) is 0 Å². The number of fused-ring (bicyclic) bond motifs is 1. The van der Waals surface area contributed by atoms with Gasteiger partial charge in [-0.05, 0) is 57.7 Å². The largest absolute Gasteiger partial charge is 0.461 e. The fourth-order valence-electron chi connectivity index (χ4n) is 4.99. The van der Waals surface area contributed by atoms with Crippen molar-refractivity contribution in [3.63, 3.8) is 0 Å². The highest BCUT2D eigenvalue weighted by molar-refractivity contribution is 6.12. The highest BCUT2D eigenvalue weighted by Gasteiger charge is 2.50. The lowest BCUT2D eigenvalue weighted by Crippen LogP contribution is -2.65. The molecular formula is C26H34N4O4. The van der Waals surface area contributed by atoms with E-state index in [4.69, 9.17) is 4.74 Å². The Hall–Kier alpha value is -3.16. The minimum atomic E-state index is -1.22. The van der Waals surface area contributed by atoms with Crippen molar-refractivity contribution in [3.05, 3.63) is 46.8 Å². The quantitative estimate of drug-likeness (QED) is 0.532. The van der Waals surface area contributed by atoms with E-state index in [-0.39, 0.29) is 42.4 Å². The first-order chi connectivity index (χ1) is 16.2. The van der Waals surface area contributed by atoms with Crippen LogP contribution in [0.2, 0.25) is 0 Å². The molecule has 8 nitrogen and oxygen atoms in total. The van der Waals surface area contributed by atoms with Gasteiger partial charge in [0.25, 0.3) is 5.91 Å². The second-order valence-electron chi connectivity index (χ2n) is 9.66. The van der Waals surface area contributed by atoms with Crippen LogP contribution in [0.5, 0.6) is 0 Å². The van der Waals surface area contributed by atoms with Crippen LogP contribution in [0.15, 0.2) is 24.3 Å². The Balaban J connectivity index is 1.77. The van der Waals surface area contributed by atoms with E-state index in [1.54, 1.807) is 18.7 Å². The van der Waals surface area contributed by atoms with Crippen LogP contribution in [0.1, 0.15) is 84.5 Å². The van der Waals surface area contributed by atoms with Crippen LogP contribution >= 0.6 is 0 Å². The predicted octanol–water partition coefficient (Wildman–Crippen LogP) is 3.93. The van der Waals surface area contributed by atoms with E-state index in [1.165, 1.54) is 23.6 Å². The Labute approximate surface area is 200 Å². The lowest BCUT2D eigenvalue weighted by Gasteiger charge is -2.44. The molecule has 1 aromatic heterocycles. The van der Waals surface area contributed by atoms with E-state index < -0.39 is 11.5 Å². The normalized spacial score (nSPS) is 21.1. The summed E-state index contributed by atoms with van der Waals surface area (Å²) in [5, 5.41) is 7.58. The Morgan fingerprint density at radius 1 is 1.15 bits per heavy atom. The monoisotopic (exact) mass is 466 g/mol. The van der Waals surface area contributed by atoms with Crippen molar-refractivity contribution in [2.24, 2.45) is 0 Å². The first-order valence-corrected chi connectivity index (χ1v) is 12.2. The highest BCUT2D eigenvalue weighted by Crippen LogP contribution is 2.35. The summed E-state index contributed by atoms with van der Waals surface area (Å²) in [4.78, 5) is 41.6. The molecule has 1 aliphatic carbocycles. The van der Waals surface area contributed by atoms with Crippen LogP contribution in [0.4, 0.5) is 5.69 Å². The summed E-state index contributed by atoms with van der Waals surface area (Å²) >= 11 is 0. The summed E-state index contributed by atoms with van der Waals surface area (Å²) in [7, 11) is 0. The van der Waals surface area contributed by atoms with Gasteiger partial charge in [-0.15, -0.1) is 0 Å². The van der Waals surface area contributed by atoms with E-state index in [2.05, 4.69) is 10.4 Å². The van der Waals surface area contributed by atoms with Crippen molar-refractivity contribution >= 4 is 23.5 Å². The van der Waals surface area contributed by atoms with Crippen molar-refractivity contribution in [2.45, 2.75) is 84.3 Å². The zero-order valence-electron chi connectivity index (χ0n) is 20.5. The van der Waals surface area contributed by atoms with E-state index >= 15 is 0 Å². The molecule has 2 aliphatic rings. The van der Waals surface area contributed by atoms with Crippen LogP contribution < -0.4 is 10.2 Å². The number of amides is 2. The number of hydrogen-bond acceptors (Lipinski definition) is 5. The summed E-state index contributed by atoms with van der Waals surface area (Å²) < 4.78 is 6.56. The molecule has 0 radical (unpaired) electrons. The zero-order valence-corrected chi connectivity index (χ0v) is 20.5. The summed E-state index contributed by atoms with van der Waals surface area (Å²) in [5.74, 6) is -1.14. The van der Waals surface area contributed by atoms with Gasteiger partial charge in [0, 0.05) is 17.8 Å². The molecule has 1 aliphatic heterocycles. The van der Waals surface area contributed by atoms with Crippen molar-refractivity contribution in [3.8, 4) is 0 Å². The molecule has 1 atom stereocenters. The minimum Gasteiger partial charge on any atom is -0.461 e. The van der Waals surface area contributed by atoms with Gasteiger partial charge >= 0.3 is 5.97 Å². The third kappa shape index (κ3) is 4.45. The topological polar surface area (TPSA) is 93.5 Å². The molecule has 2 aromatic rings. The van der Waals surface area contributed by atoms with E-state index in [9.17, 15) is 14.4 Å². The fourth-order valence-corrected chi connectivity index (χ4v) is 4.99. The van der Waals surface area contributed by atoms with Crippen LogP contribution in [0, 0.1) is 13.8 Å². The van der Waals surface area contributed by atoms with Gasteiger partial charge < -0.3 is 10.1 Å². The molecule has 1 saturated carbocycles. The molecule has 34 heavy (non-hydrogen) atoms. The van der Waals surface area contributed by atoms with E-state index in [1.807, 2.05) is 32.0 Å². The van der Waals surface area contributed by atoms with Gasteiger partial charge in [-0.2, -0.15) is 5.10 Å². The minimum absolute atomic E-state index is 0.0690. The van der Waals surface area contributed by atoms with Crippen LogP contribution in [-0.4, -0.2) is 45.8 Å². The smallest absolute Gasteiger partial charge is 0.358 e. The number of ether oxygens (including phenoxy) is 1. The first-order valence-electron chi connectivity index (χ1n) is 12.2. The number of carbonyl (C=O) groups excluding carboxylic acids is 3. The summed E-state index contributed by atoms with van der Waals surface area (Å²) in [6.07, 6.45) is 6.44. The number of carbonyl (C=O) groups is 3. The van der Waals surface area contributed by atoms with Crippen molar-refractivity contribution in [2.75, 3.05) is 11.5 Å². The number of nitrogens with zero attached hydrogens (tertiary/aromatic N) is 3. The molecule has 4 rings (SSSR count). The molecule has 8 heteroatoms. The highest BCUT2D eigenvalue weighted by atomic mass is 16.5. The van der Waals surface area contributed by atoms with E-state index in [0.29, 0.717) is 5.69 Å². The molecule has 2 heterocycles. The predicted molar refractivity (Wildman–Crippen MR) is 129 cm³/mol. The van der Waals surface area contributed by atoms with E-state index in [0.717, 1.165) is 36.8 Å². The summed E-state index contributed by atoms with van der Waals surface area (Å²) in [6, 6.07) is 7.43. The lowest BCUT2D eigenvalue weighted by atomic mass is 9.92. The number of aryl methyl sites for hydroxylation is 2. The van der Waals surface area contributed by atoms with Gasteiger partial charge in [0.2, 0.25) is 5.91 Å². The van der Waals surface area contributed by atoms with Gasteiger partial charge in [0.15, 0.2) is 5.69 Å². The number of aromatic nitrogens is 2. The standard InChI is InChI=1S/C26H34N4O4/c1-5-34-24(32)20-15-22-23(31)30(21-14-17(2)12-13-18(21)3)26(4,16-29(22)28-20)25(33)27-19-10-8-6-7-9-11-19/h12-15,19H,5-11,16H2,1-4H3,(H,27,33)/t26-/m1/s1. The molecule has 1 N–H and O–H groups in total. The van der Waals surface area contributed by atoms with Crippen molar-refractivity contribution in [1.82, 2.24) is 15.1 Å². The number of hydrogen-bond donors (Lipinski definition) is 1. The number of anilines is 1.